The first-order valence-electron chi connectivity index (χ1n) is 10.2. The van der Waals surface area contributed by atoms with Crippen molar-refractivity contribution in [3.05, 3.63) is 91.4 Å². The first-order chi connectivity index (χ1) is 15.8. The van der Waals surface area contributed by atoms with Crippen LogP contribution in [-0.2, 0) is 0 Å². The maximum absolute atomic E-state index is 6.16. The van der Waals surface area contributed by atoms with Crippen LogP contribution in [0.4, 0.5) is 0 Å². The van der Waals surface area contributed by atoms with E-state index >= 15 is 0 Å². The van der Waals surface area contributed by atoms with E-state index in [1.54, 1.807) is 25.7 Å². The molecule has 3 heterocycles. The molecule has 154 valence electrons. The van der Waals surface area contributed by atoms with Crippen LogP contribution in [0.2, 0.25) is 0 Å². The van der Waals surface area contributed by atoms with Crippen molar-refractivity contribution < 1.29 is 9.47 Å². The zero-order valence-corrected chi connectivity index (χ0v) is 17.3. The zero-order valence-electron chi connectivity index (χ0n) is 17.3. The summed E-state index contributed by atoms with van der Waals surface area (Å²) in [6, 6.07) is 24.0. The molecule has 0 saturated heterocycles. The summed E-state index contributed by atoms with van der Waals surface area (Å²) in [7, 11) is 1.64. The van der Waals surface area contributed by atoms with Gasteiger partial charge in [0, 0.05) is 40.7 Å². The fraction of sp³-hybridized carbons (Fsp3) is 0.0385. The number of benzene rings is 3. The van der Waals surface area contributed by atoms with Gasteiger partial charge in [-0.2, -0.15) is 0 Å². The van der Waals surface area contributed by atoms with Crippen LogP contribution in [-0.4, -0.2) is 26.6 Å². The van der Waals surface area contributed by atoms with E-state index in [9.17, 15) is 0 Å². The number of pyridine rings is 1. The molecule has 0 unspecified atom stereocenters. The monoisotopic (exact) mass is 418 g/mol. The van der Waals surface area contributed by atoms with Gasteiger partial charge in [-0.25, -0.2) is 9.97 Å². The van der Waals surface area contributed by atoms with Crippen LogP contribution in [0.25, 0.3) is 38.5 Å². The molecule has 6 heteroatoms. The van der Waals surface area contributed by atoms with E-state index in [0.717, 1.165) is 38.5 Å². The van der Waals surface area contributed by atoms with Gasteiger partial charge >= 0.3 is 0 Å². The molecule has 0 saturated carbocycles. The van der Waals surface area contributed by atoms with Crippen LogP contribution in [0, 0.1) is 0 Å². The largest absolute Gasteiger partial charge is 0.494 e. The normalized spacial score (nSPS) is 11.3. The zero-order chi connectivity index (χ0) is 21.5. The lowest BCUT2D eigenvalue weighted by molar-refractivity contribution is 0.417. The molecular weight excluding hydrogens is 400 g/mol. The van der Waals surface area contributed by atoms with E-state index in [-0.39, 0.29) is 0 Å². The quantitative estimate of drug-likeness (QED) is 0.355. The minimum Gasteiger partial charge on any atom is -0.494 e. The van der Waals surface area contributed by atoms with Crippen LogP contribution in [0.15, 0.2) is 91.4 Å². The standard InChI is InChI=1S/C26H18N4O2/c1-31-23-8-4-5-17-9-12-25(29-26(17)23)32-18-10-11-20-19-6-2-3-7-21(19)30(22(20)15-18)24-16-27-13-14-28-24/h2-16H,1H3. The summed E-state index contributed by atoms with van der Waals surface area (Å²) in [4.78, 5) is 13.4. The summed E-state index contributed by atoms with van der Waals surface area (Å²) in [6.07, 6.45) is 5.13. The molecule has 0 atom stereocenters. The minimum absolute atomic E-state index is 0.503. The second-order valence-corrected chi connectivity index (χ2v) is 7.38. The van der Waals surface area contributed by atoms with E-state index in [1.807, 2.05) is 54.6 Å². The second kappa shape index (κ2) is 7.35. The van der Waals surface area contributed by atoms with Crippen LogP contribution in [0.1, 0.15) is 0 Å². The van der Waals surface area contributed by atoms with Gasteiger partial charge in [0.1, 0.15) is 17.0 Å². The van der Waals surface area contributed by atoms with Crippen molar-refractivity contribution in [1.82, 2.24) is 19.5 Å². The summed E-state index contributed by atoms with van der Waals surface area (Å²) in [6.45, 7) is 0. The molecule has 0 aliphatic carbocycles. The first kappa shape index (κ1) is 18.3. The van der Waals surface area contributed by atoms with Gasteiger partial charge in [-0.1, -0.05) is 30.3 Å². The number of rotatable bonds is 4. The lowest BCUT2D eigenvalue weighted by atomic mass is 10.1. The third-order valence-corrected chi connectivity index (χ3v) is 5.52. The van der Waals surface area contributed by atoms with Crippen LogP contribution < -0.4 is 9.47 Å². The van der Waals surface area contributed by atoms with Crippen LogP contribution >= 0.6 is 0 Å². The molecule has 6 rings (SSSR count). The lowest BCUT2D eigenvalue weighted by Gasteiger charge is -2.09. The molecule has 32 heavy (non-hydrogen) atoms. The molecule has 0 aliphatic rings. The number of fused-ring (bicyclic) bond motifs is 4. The van der Waals surface area contributed by atoms with Crippen molar-refractivity contribution in [2.75, 3.05) is 7.11 Å². The predicted molar refractivity (Wildman–Crippen MR) is 125 cm³/mol. The van der Waals surface area contributed by atoms with Crippen molar-refractivity contribution in [2.24, 2.45) is 0 Å². The third-order valence-electron chi connectivity index (χ3n) is 5.52. The summed E-state index contributed by atoms with van der Waals surface area (Å²) >= 11 is 0. The van der Waals surface area contributed by atoms with Gasteiger partial charge in [-0.3, -0.25) is 9.55 Å². The van der Waals surface area contributed by atoms with Gasteiger partial charge in [0.05, 0.1) is 24.3 Å². The van der Waals surface area contributed by atoms with Gasteiger partial charge in [0.2, 0.25) is 5.88 Å². The number of aromatic nitrogens is 4. The van der Waals surface area contributed by atoms with Gasteiger partial charge in [-0.05, 0) is 30.3 Å². The smallest absolute Gasteiger partial charge is 0.219 e. The molecule has 0 fully saturated rings. The molecule has 0 aliphatic heterocycles. The van der Waals surface area contributed by atoms with E-state index < -0.39 is 0 Å². The summed E-state index contributed by atoms with van der Waals surface area (Å²) in [5, 5.41) is 3.26. The number of methoxy groups -OCH3 is 1. The Balaban J connectivity index is 1.50. The van der Waals surface area contributed by atoms with Gasteiger partial charge < -0.3 is 9.47 Å². The van der Waals surface area contributed by atoms with E-state index in [0.29, 0.717) is 17.4 Å². The van der Waals surface area contributed by atoms with Crippen LogP contribution in [0.3, 0.4) is 0 Å². The molecule has 6 nitrogen and oxygen atoms in total. The Morgan fingerprint density at radius 1 is 0.812 bits per heavy atom. The Kier molecular flexibility index (Phi) is 4.21. The fourth-order valence-electron chi connectivity index (χ4n) is 4.11. The average molecular weight is 418 g/mol. The topological polar surface area (TPSA) is 62.1 Å². The highest BCUT2D eigenvalue weighted by Gasteiger charge is 2.14. The van der Waals surface area contributed by atoms with Crippen molar-refractivity contribution in [3.8, 4) is 23.2 Å². The Morgan fingerprint density at radius 2 is 1.72 bits per heavy atom. The Bertz CT molecular complexity index is 1590. The summed E-state index contributed by atoms with van der Waals surface area (Å²) < 4.78 is 13.7. The third kappa shape index (κ3) is 2.93. The minimum atomic E-state index is 0.503. The predicted octanol–water partition coefficient (Wildman–Crippen LogP) is 5.92. The SMILES string of the molecule is COc1cccc2ccc(Oc3ccc4c5ccccc5n(-c5cnccn5)c4c3)nc12. The number of nitrogens with zero attached hydrogens (tertiary/aromatic N) is 4. The molecular formula is C26H18N4O2. The summed E-state index contributed by atoms with van der Waals surface area (Å²) in [5.74, 6) is 2.66. The molecule has 0 bridgehead atoms. The Labute approximate surface area is 183 Å². The van der Waals surface area contributed by atoms with E-state index in [2.05, 4.69) is 37.7 Å². The molecule has 0 spiro atoms. The van der Waals surface area contributed by atoms with Gasteiger partial charge in [-0.15, -0.1) is 0 Å². The average Bonchev–Trinajstić information content (AvgIpc) is 3.18. The van der Waals surface area contributed by atoms with E-state index in [1.165, 1.54) is 0 Å². The maximum atomic E-state index is 6.16. The van der Waals surface area contributed by atoms with Crippen molar-refractivity contribution in [3.63, 3.8) is 0 Å². The second-order valence-electron chi connectivity index (χ2n) is 7.38. The maximum Gasteiger partial charge on any atom is 0.219 e. The van der Waals surface area contributed by atoms with Gasteiger partial charge in [0.15, 0.2) is 5.82 Å². The van der Waals surface area contributed by atoms with Crippen molar-refractivity contribution >= 4 is 32.7 Å². The molecule has 0 amide bonds. The molecule has 0 radical (unpaired) electrons. The van der Waals surface area contributed by atoms with Crippen LogP contribution in [0.5, 0.6) is 17.4 Å². The van der Waals surface area contributed by atoms with E-state index in [4.69, 9.17) is 9.47 Å². The number of para-hydroxylation sites is 2. The molecule has 6 aromatic rings. The Hall–Kier alpha value is -4.45. The first-order valence-corrected chi connectivity index (χ1v) is 10.2. The van der Waals surface area contributed by atoms with Crippen molar-refractivity contribution in [2.45, 2.75) is 0 Å². The molecule has 3 aromatic carbocycles. The molecule has 0 N–H and O–H groups in total. The Morgan fingerprint density at radius 3 is 2.59 bits per heavy atom. The van der Waals surface area contributed by atoms with Gasteiger partial charge in [0.25, 0.3) is 0 Å². The highest BCUT2D eigenvalue weighted by molar-refractivity contribution is 6.09. The highest BCUT2D eigenvalue weighted by Crippen LogP contribution is 2.35. The number of hydrogen-bond donors (Lipinski definition) is 0. The number of hydrogen-bond acceptors (Lipinski definition) is 5. The highest BCUT2D eigenvalue weighted by atomic mass is 16.5. The number of ether oxygens (including phenoxy) is 2. The lowest BCUT2D eigenvalue weighted by Crippen LogP contribution is -1.97. The molecule has 3 aromatic heterocycles. The van der Waals surface area contributed by atoms with Crippen molar-refractivity contribution in [1.29, 1.82) is 0 Å². The summed E-state index contributed by atoms with van der Waals surface area (Å²) in [5.41, 5.74) is 2.82. The fourth-order valence-corrected chi connectivity index (χ4v) is 4.11.